The molecule has 1 aromatic rings. The fourth-order valence-electron chi connectivity index (χ4n) is 1.61. The van der Waals surface area contributed by atoms with Gasteiger partial charge in [0, 0.05) is 12.6 Å². The number of carbonyl (C=O) groups is 1. The molecular weight excluding hydrogens is 286 g/mol. The van der Waals surface area contributed by atoms with Crippen molar-refractivity contribution in [3.63, 3.8) is 0 Å². The summed E-state index contributed by atoms with van der Waals surface area (Å²) in [6.07, 6.45) is 1.13. The van der Waals surface area contributed by atoms with Gasteiger partial charge in [-0.25, -0.2) is 9.97 Å². The lowest BCUT2D eigenvalue weighted by atomic mass is 10.3. The second kappa shape index (κ2) is 6.99. The molecule has 1 aromatic heterocycles. The van der Waals surface area contributed by atoms with Gasteiger partial charge in [0.25, 0.3) is 0 Å². The summed E-state index contributed by atoms with van der Waals surface area (Å²) in [6.45, 7) is 5.77. The molecule has 0 aliphatic heterocycles. The molecule has 0 bridgehead atoms. The Morgan fingerprint density at radius 3 is 2.70 bits per heavy atom. The number of hydrogen-bond acceptors (Lipinski definition) is 6. The molecule has 0 aliphatic carbocycles. The first-order valence-electron chi connectivity index (χ1n) is 6.06. The Bertz CT molecular complexity index is 509. The van der Waals surface area contributed by atoms with Crippen molar-refractivity contribution in [3.05, 3.63) is 21.6 Å². The summed E-state index contributed by atoms with van der Waals surface area (Å²) < 4.78 is 0. The summed E-state index contributed by atoms with van der Waals surface area (Å²) >= 11 is 5.73. The van der Waals surface area contributed by atoms with E-state index in [0.29, 0.717) is 6.54 Å². The van der Waals surface area contributed by atoms with Crippen LogP contribution in [0.15, 0.2) is 6.33 Å². The fraction of sp³-hybridized carbons (Fsp3) is 0.545. The summed E-state index contributed by atoms with van der Waals surface area (Å²) in [6, 6.07) is -0.00909. The highest BCUT2D eigenvalue weighted by Crippen LogP contribution is 2.30. The lowest BCUT2D eigenvalue weighted by Gasteiger charge is -2.21. The number of halogens is 1. The van der Waals surface area contributed by atoms with Crippen LogP contribution in [-0.2, 0) is 4.79 Å². The van der Waals surface area contributed by atoms with Crippen LogP contribution < -0.4 is 10.2 Å². The molecule has 20 heavy (non-hydrogen) atoms. The number of rotatable bonds is 6. The molecule has 1 N–H and O–H groups in total. The van der Waals surface area contributed by atoms with E-state index in [9.17, 15) is 14.9 Å². The fourth-order valence-corrected chi connectivity index (χ4v) is 1.81. The summed E-state index contributed by atoms with van der Waals surface area (Å²) in [4.78, 5) is 31.1. The van der Waals surface area contributed by atoms with Crippen LogP contribution in [0.3, 0.4) is 0 Å². The van der Waals surface area contributed by atoms with E-state index in [4.69, 9.17) is 11.6 Å². The second-order valence-electron chi connectivity index (χ2n) is 4.33. The van der Waals surface area contributed by atoms with E-state index in [0.717, 1.165) is 6.33 Å². The number of anilines is 1. The van der Waals surface area contributed by atoms with Crippen LogP contribution in [-0.4, -0.2) is 39.9 Å². The molecule has 0 spiro atoms. The molecule has 9 heteroatoms. The maximum atomic E-state index is 11.8. The van der Waals surface area contributed by atoms with Gasteiger partial charge >= 0.3 is 5.69 Å². The third-order valence-electron chi connectivity index (χ3n) is 2.41. The number of aromatic nitrogens is 2. The molecule has 0 fully saturated rings. The maximum Gasteiger partial charge on any atom is 0.348 e. The Labute approximate surface area is 121 Å². The van der Waals surface area contributed by atoms with Gasteiger partial charge in [-0.3, -0.25) is 14.9 Å². The average Bonchev–Trinajstić information content (AvgIpc) is 2.34. The third-order valence-corrected chi connectivity index (χ3v) is 2.68. The number of nitrogens with one attached hydrogen (secondary N) is 1. The number of likely N-dealkylation sites (N-methyl/N-ethyl adjacent to an activating group) is 1. The molecule has 1 rings (SSSR count). The van der Waals surface area contributed by atoms with E-state index >= 15 is 0 Å². The van der Waals surface area contributed by atoms with Gasteiger partial charge in [0.15, 0.2) is 0 Å². The van der Waals surface area contributed by atoms with E-state index in [1.54, 1.807) is 6.92 Å². The second-order valence-corrected chi connectivity index (χ2v) is 4.69. The van der Waals surface area contributed by atoms with Crippen LogP contribution in [0.25, 0.3) is 0 Å². The zero-order valence-electron chi connectivity index (χ0n) is 11.5. The molecule has 8 nitrogen and oxygen atoms in total. The van der Waals surface area contributed by atoms with Gasteiger partial charge in [0.1, 0.15) is 6.33 Å². The minimum atomic E-state index is -0.652. The first kappa shape index (κ1) is 16.1. The Balaban J connectivity index is 3.04. The van der Waals surface area contributed by atoms with E-state index in [1.807, 2.05) is 13.8 Å². The van der Waals surface area contributed by atoms with Crippen molar-refractivity contribution in [1.82, 2.24) is 15.3 Å². The standard InChI is InChI=1S/C11H16ClN5O3/c1-4-16(5-8(18)15-7(2)3)11-9(17(19)20)10(12)13-6-14-11/h6-7H,4-5H2,1-3H3,(H,15,18). The number of hydrogen-bond donors (Lipinski definition) is 1. The number of nitrogens with zero attached hydrogens (tertiary/aromatic N) is 4. The molecule has 0 atom stereocenters. The van der Waals surface area contributed by atoms with E-state index in [2.05, 4.69) is 15.3 Å². The Hall–Kier alpha value is -1.96. The smallest absolute Gasteiger partial charge is 0.348 e. The average molecular weight is 302 g/mol. The summed E-state index contributed by atoms with van der Waals surface area (Å²) in [5.74, 6) is -0.206. The Kier molecular flexibility index (Phi) is 5.63. The lowest BCUT2D eigenvalue weighted by molar-refractivity contribution is -0.384. The summed E-state index contributed by atoms with van der Waals surface area (Å²) in [5.41, 5.74) is -0.395. The number of amides is 1. The normalized spacial score (nSPS) is 10.4. The molecule has 0 radical (unpaired) electrons. The number of nitro groups is 1. The van der Waals surface area contributed by atoms with Crippen LogP contribution >= 0.6 is 11.6 Å². The van der Waals surface area contributed by atoms with Crippen molar-refractivity contribution in [1.29, 1.82) is 0 Å². The van der Waals surface area contributed by atoms with Crippen LogP contribution in [0.2, 0.25) is 5.15 Å². The van der Waals surface area contributed by atoms with Crippen molar-refractivity contribution in [2.45, 2.75) is 26.8 Å². The molecule has 0 saturated carbocycles. The quantitative estimate of drug-likeness (QED) is 0.484. The van der Waals surface area contributed by atoms with Crippen LogP contribution in [0.1, 0.15) is 20.8 Å². The molecule has 110 valence electrons. The highest BCUT2D eigenvalue weighted by Gasteiger charge is 2.26. The van der Waals surface area contributed by atoms with E-state index in [-0.39, 0.29) is 29.5 Å². The maximum absolute atomic E-state index is 11.8. The predicted molar refractivity (Wildman–Crippen MR) is 74.9 cm³/mol. The van der Waals surface area contributed by atoms with Gasteiger partial charge in [-0.1, -0.05) is 11.6 Å². The molecule has 0 aromatic carbocycles. The molecule has 1 heterocycles. The molecule has 0 saturated heterocycles. The molecule has 1 amide bonds. The van der Waals surface area contributed by atoms with Crippen molar-refractivity contribution in [2.24, 2.45) is 0 Å². The Morgan fingerprint density at radius 1 is 1.55 bits per heavy atom. The van der Waals surface area contributed by atoms with Gasteiger partial charge < -0.3 is 10.2 Å². The third kappa shape index (κ3) is 4.02. The first-order chi connectivity index (χ1) is 9.36. The molecule has 0 aliphatic rings. The van der Waals surface area contributed by atoms with E-state index in [1.165, 1.54) is 4.90 Å². The molecular formula is C11H16ClN5O3. The van der Waals surface area contributed by atoms with Gasteiger partial charge in [0.05, 0.1) is 11.5 Å². The highest BCUT2D eigenvalue weighted by molar-refractivity contribution is 6.31. The lowest BCUT2D eigenvalue weighted by Crippen LogP contribution is -2.40. The van der Waals surface area contributed by atoms with Gasteiger partial charge in [-0.2, -0.15) is 0 Å². The van der Waals surface area contributed by atoms with Crippen molar-refractivity contribution < 1.29 is 9.72 Å². The SMILES string of the molecule is CCN(CC(=O)NC(C)C)c1ncnc(Cl)c1[N+](=O)[O-]. The van der Waals surface area contributed by atoms with Gasteiger partial charge in [-0.15, -0.1) is 0 Å². The minimum absolute atomic E-state index is 0.00909. The zero-order valence-corrected chi connectivity index (χ0v) is 12.2. The zero-order chi connectivity index (χ0) is 15.3. The topological polar surface area (TPSA) is 101 Å². The first-order valence-corrected chi connectivity index (χ1v) is 6.43. The predicted octanol–water partition coefficient (Wildman–Crippen LogP) is 1.39. The van der Waals surface area contributed by atoms with Crippen molar-refractivity contribution in [2.75, 3.05) is 18.0 Å². The van der Waals surface area contributed by atoms with Crippen LogP contribution in [0.5, 0.6) is 0 Å². The van der Waals surface area contributed by atoms with Crippen molar-refractivity contribution in [3.8, 4) is 0 Å². The highest BCUT2D eigenvalue weighted by atomic mass is 35.5. The van der Waals surface area contributed by atoms with Gasteiger partial charge in [0.2, 0.25) is 16.9 Å². The largest absolute Gasteiger partial charge is 0.352 e. The van der Waals surface area contributed by atoms with Crippen LogP contribution in [0.4, 0.5) is 11.5 Å². The summed E-state index contributed by atoms with van der Waals surface area (Å²) in [7, 11) is 0. The number of carbonyl (C=O) groups excluding carboxylic acids is 1. The Morgan fingerprint density at radius 2 is 2.20 bits per heavy atom. The van der Waals surface area contributed by atoms with Crippen molar-refractivity contribution >= 4 is 29.0 Å². The molecule has 0 unspecified atom stereocenters. The monoisotopic (exact) mass is 301 g/mol. The minimum Gasteiger partial charge on any atom is -0.352 e. The summed E-state index contributed by atoms with van der Waals surface area (Å²) in [5, 5.41) is 13.5. The van der Waals surface area contributed by atoms with Crippen LogP contribution in [0, 0.1) is 10.1 Å². The van der Waals surface area contributed by atoms with Gasteiger partial charge in [-0.05, 0) is 20.8 Å². The van der Waals surface area contributed by atoms with E-state index < -0.39 is 10.6 Å².